The van der Waals surface area contributed by atoms with Crippen LogP contribution in [-0.2, 0) is 4.79 Å². The number of nitrogens with zero attached hydrogens (tertiary/aromatic N) is 4. The minimum absolute atomic E-state index is 0.141. The van der Waals surface area contributed by atoms with Gasteiger partial charge in [-0.05, 0) is 0 Å². The molecule has 0 aromatic carbocycles. The van der Waals surface area contributed by atoms with E-state index in [0.717, 1.165) is 12.4 Å². The molecule has 0 radical (unpaired) electrons. The van der Waals surface area contributed by atoms with Gasteiger partial charge in [0.2, 0.25) is 0 Å². The average molecular weight is 275 g/mol. The molecule has 100 valence electrons. The molecule has 0 bridgehead atoms. The number of hydrogen-bond donors (Lipinski definition) is 2. The van der Waals surface area contributed by atoms with E-state index in [-0.39, 0.29) is 22.3 Å². The van der Waals surface area contributed by atoms with Crippen LogP contribution in [0.4, 0.5) is 4.39 Å². The first kappa shape index (κ1) is 12.0. The second kappa shape index (κ2) is 4.23. The topological polar surface area (TPSA) is 114 Å². The summed E-state index contributed by atoms with van der Waals surface area (Å²) in [5.41, 5.74) is -0.103. The van der Waals surface area contributed by atoms with Crippen molar-refractivity contribution in [3.8, 4) is 5.82 Å². The number of carbonyl (C=O) groups is 2. The molecule has 3 aromatic heterocycles. The third-order valence-electron chi connectivity index (χ3n) is 2.72. The number of fused-ring (bicyclic) bond motifs is 1. The molecule has 8 nitrogen and oxygen atoms in total. The number of H-pyrrole nitrogens is 1. The largest absolute Gasteiger partial charge is 0.475 e. The molecule has 0 aliphatic heterocycles. The van der Waals surface area contributed by atoms with E-state index in [1.54, 1.807) is 0 Å². The highest BCUT2D eigenvalue weighted by Crippen LogP contribution is 2.25. The van der Waals surface area contributed by atoms with Gasteiger partial charge in [-0.3, -0.25) is 4.79 Å². The zero-order valence-electron chi connectivity index (χ0n) is 9.74. The van der Waals surface area contributed by atoms with Crippen LogP contribution >= 0.6 is 0 Å². The van der Waals surface area contributed by atoms with Gasteiger partial charge in [-0.1, -0.05) is 0 Å². The minimum Gasteiger partial charge on any atom is -0.475 e. The SMILES string of the molecule is O=C(O)C(=O)c1c[nH]c2c(-n3cncn3)ncc(F)c12. The Morgan fingerprint density at radius 2 is 2.20 bits per heavy atom. The quantitative estimate of drug-likeness (QED) is 0.533. The van der Waals surface area contributed by atoms with E-state index < -0.39 is 17.6 Å². The molecule has 9 heteroatoms. The van der Waals surface area contributed by atoms with Gasteiger partial charge in [0, 0.05) is 6.20 Å². The van der Waals surface area contributed by atoms with Crippen LogP contribution in [0.25, 0.3) is 16.7 Å². The van der Waals surface area contributed by atoms with Crippen molar-refractivity contribution in [3.05, 3.63) is 36.4 Å². The number of nitrogens with one attached hydrogen (secondary N) is 1. The van der Waals surface area contributed by atoms with E-state index in [1.165, 1.54) is 17.3 Å². The summed E-state index contributed by atoms with van der Waals surface area (Å²) in [5.74, 6) is -3.45. The number of rotatable bonds is 3. The van der Waals surface area contributed by atoms with Crippen LogP contribution in [0.5, 0.6) is 0 Å². The van der Waals surface area contributed by atoms with Crippen molar-refractivity contribution in [2.24, 2.45) is 0 Å². The van der Waals surface area contributed by atoms with Crippen LogP contribution in [0.15, 0.2) is 25.0 Å². The Bertz CT molecular complexity index is 824. The molecule has 0 atom stereocenters. The highest BCUT2D eigenvalue weighted by molar-refractivity contribution is 6.42. The average Bonchev–Trinajstić information content (AvgIpc) is 3.07. The highest BCUT2D eigenvalue weighted by atomic mass is 19.1. The van der Waals surface area contributed by atoms with E-state index in [0.29, 0.717) is 0 Å². The summed E-state index contributed by atoms with van der Waals surface area (Å²) >= 11 is 0. The van der Waals surface area contributed by atoms with Crippen molar-refractivity contribution >= 4 is 22.7 Å². The maximum atomic E-state index is 13.9. The van der Waals surface area contributed by atoms with Gasteiger partial charge >= 0.3 is 5.97 Å². The number of Topliss-reactive ketones (excluding diaryl/α,β-unsaturated/α-hetero) is 1. The van der Waals surface area contributed by atoms with E-state index in [4.69, 9.17) is 5.11 Å². The number of hydrogen-bond acceptors (Lipinski definition) is 5. The second-order valence-electron chi connectivity index (χ2n) is 3.86. The van der Waals surface area contributed by atoms with E-state index >= 15 is 0 Å². The van der Waals surface area contributed by atoms with Crippen LogP contribution in [0, 0.1) is 5.82 Å². The molecular weight excluding hydrogens is 269 g/mol. The van der Waals surface area contributed by atoms with Crippen LogP contribution in [-0.4, -0.2) is 41.6 Å². The number of carboxylic acids is 1. The lowest BCUT2D eigenvalue weighted by Crippen LogP contribution is -2.12. The summed E-state index contributed by atoms with van der Waals surface area (Å²) in [4.78, 5) is 32.5. The Balaban J connectivity index is 2.31. The molecule has 0 aliphatic carbocycles. The number of ketones is 1. The molecule has 0 aliphatic rings. The van der Waals surface area contributed by atoms with Gasteiger partial charge in [-0.2, -0.15) is 5.10 Å². The van der Waals surface area contributed by atoms with Crippen LogP contribution in [0.1, 0.15) is 10.4 Å². The second-order valence-corrected chi connectivity index (χ2v) is 3.86. The predicted octanol–water partition coefficient (Wildman–Crippen LogP) is 0.550. The van der Waals surface area contributed by atoms with Crippen molar-refractivity contribution in [1.29, 1.82) is 0 Å². The minimum atomic E-state index is -1.66. The molecule has 0 fully saturated rings. The molecule has 0 saturated heterocycles. The lowest BCUT2D eigenvalue weighted by molar-refractivity contribution is -0.131. The Labute approximate surface area is 109 Å². The van der Waals surface area contributed by atoms with Gasteiger partial charge in [-0.15, -0.1) is 0 Å². The summed E-state index contributed by atoms with van der Waals surface area (Å²) in [6.45, 7) is 0. The number of carbonyl (C=O) groups excluding carboxylic acids is 1. The fourth-order valence-corrected chi connectivity index (χ4v) is 1.88. The molecule has 0 unspecified atom stereocenters. The van der Waals surface area contributed by atoms with Gasteiger partial charge < -0.3 is 10.1 Å². The number of pyridine rings is 1. The third-order valence-corrected chi connectivity index (χ3v) is 2.72. The molecule has 0 amide bonds. The Morgan fingerprint density at radius 3 is 2.85 bits per heavy atom. The first-order chi connectivity index (χ1) is 9.59. The molecule has 3 aromatic rings. The van der Waals surface area contributed by atoms with E-state index in [1.807, 2.05) is 0 Å². The van der Waals surface area contributed by atoms with Gasteiger partial charge in [0.1, 0.15) is 12.7 Å². The first-order valence-electron chi connectivity index (χ1n) is 5.38. The van der Waals surface area contributed by atoms with Gasteiger partial charge in [0.15, 0.2) is 11.6 Å². The number of carboxylic acid groups (broad SMARTS) is 1. The fraction of sp³-hybridized carbons (Fsp3) is 0. The Hall–Kier alpha value is -3.10. The van der Waals surface area contributed by atoms with E-state index in [9.17, 15) is 14.0 Å². The Kier molecular flexibility index (Phi) is 2.53. The zero-order chi connectivity index (χ0) is 14.3. The highest BCUT2D eigenvalue weighted by Gasteiger charge is 2.23. The molecule has 3 heterocycles. The molecular formula is C11H6FN5O3. The van der Waals surface area contributed by atoms with Crippen molar-refractivity contribution in [3.63, 3.8) is 0 Å². The fourth-order valence-electron chi connectivity index (χ4n) is 1.88. The number of aromatic nitrogens is 5. The summed E-state index contributed by atoms with van der Waals surface area (Å²) < 4.78 is 15.1. The maximum absolute atomic E-state index is 13.9. The van der Waals surface area contributed by atoms with Crippen molar-refractivity contribution in [1.82, 2.24) is 24.7 Å². The molecule has 0 spiro atoms. The summed E-state index contributed by atoms with van der Waals surface area (Å²) in [5, 5.41) is 12.4. The number of aromatic amines is 1. The summed E-state index contributed by atoms with van der Waals surface area (Å²) in [6, 6.07) is 0. The van der Waals surface area contributed by atoms with Crippen LogP contribution in [0.3, 0.4) is 0 Å². The summed E-state index contributed by atoms with van der Waals surface area (Å²) in [6.07, 6.45) is 4.64. The Morgan fingerprint density at radius 1 is 1.40 bits per heavy atom. The van der Waals surface area contributed by atoms with Crippen LogP contribution < -0.4 is 0 Å². The van der Waals surface area contributed by atoms with Gasteiger partial charge in [-0.25, -0.2) is 23.8 Å². The molecule has 20 heavy (non-hydrogen) atoms. The number of aliphatic carboxylic acids is 1. The smallest absolute Gasteiger partial charge is 0.377 e. The van der Waals surface area contributed by atoms with Gasteiger partial charge in [0.05, 0.1) is 22.7 Å². The normalized spacial score (nSPS) is 10.8. The van der Waals surface area contributed by atoms with Crippen molar-refractivity contribution in [2.75, 3.05) is 0 Å². The monoisotopic (exact) mass is 275 g/mol. The van der Waals surface area contributed by atoms with Gasteiger partial charge in [0.25, 0.3) is 5.78 Å². The third kappa shape index (κ3) is 1.64. The lowest BCUT2D eigenvalue weighted by atomic mass is 10.1. The molecule has 3 rings (SSSR count). The molecule has 0 saturated carbocycles. The van der Waals surface area contributed by atoms with Crippen molar-refractivity contribution in [2.45, 2.75) is 0 Å². The predicted molar refractivity (Wildman–Crippen MR) is 62.9 cm³/mol. The maximum Gasteiger partial charge on any atom is 0.377 e. The first-order valence-corrected chi connectivity index (χ1v) is 5.38. The zero-order valence-corrected chi connectivity index (χ0v) is 9.74. The summed E-state index contributed by atoms with van der Waals surface area (Å²) in [7, 11) is 0. The standard InChI is InChI=1S/C11H6FN5O3/c12-6-2-15-10(17-4-13-3-16-17)8-7(6)5(1-14-8)9(18)11(19)20/h1-4,14H,(H,19,20). The van der Waals surface area contributed by atoms with Crippen LogP contribution in [0.2, 0.25) is 0 Å². The number of halogens is 1. The lowest BCUT2D eigenvalue weighted by Gasteiger charge is -2.02. The molecule has 2 N–H and O–H groups in total. The van der Waals surface area contributed by atoms with E-state index in [2.05, 4.69) is 20.1 Å². The van der Waals surface area contributed by atoms with Crippen molar-refractivity contribution < 1.29 is 19.1 Å².